The van der Waals surface area contributed by atoms with Crippen molar-refractivity contribution in [3.63, 3.8) is 0 Å². The van der Waals surface area contributed by atoms with Crippen LogP contribution >= 0.6 is 0 Å². The lowest BCUT2D eigenvalue weighted by molar-refractivity contribution is 0.187. The molecule has 1 unspecified atom stereocenters. The Bertz CT molecular complexity index is 358. The normalized spacial score (nSPS) is 17.6. The van der Waals surface area contributed by atoms with Crippen molar-refractivity contribution in [3.8, 4) is 5.75 Å². The third-order valence-electron chi connectivity index (χ3n) is 3.74. The third-order valence-corrected chi connectivity index (χ3v) is 3.74. The largest absolute Gasteiger partial charge is 0.491 e. The average Bonchev–Trinajstić information content (AvgIpc) is 2.92. The van der Waals surface area contributed by atoms with Gasteiger partial charge in [-0.1, -0.05) is 12.1 Å². The summed E-state index contributed by atoms with van der Waals surface area (Å²) in [7, 11) is 0. The first-order valence-electron chi connectivity index (χ1n) is 7.46. The smallest absolute Gasteiger partial charge is 0.119 e. The van der Waals surface area contributed by atoms with Crippen molar-refractivity contribution in [2.75, 3.05) is 26.2 Å². The Morgan fingerprint density at radius 2 is 1.89 bits per heavy atom. The summed E-state index contributed by atoms with van der Waals surface area (Å²) in [5.41, 5.74) is 6.82. The Hall–Kier alpha value is -1.06. The quantitative estimate of drug-likeness (QED) is 0.820. The first-order valence-corrected chi connectivity index (χ1v) is 7.46. The molecule has 0 amide bonds. The number of likely N-dealkylation sites (tertiary alicyclic amines) is 1. The summed E-state index contributed by atoms with van der Waals surface area (Å²) in [4.78, 5) is 2.53. The van der Waals surface area contributed by atoms with E-state index in [0.717, 1.165) is 25.1 Å². The van der Waals surface area contributed by atoms with E-state index in [2.05, 4.69) is 36.1 Å². The minimum absolute atomic E-state index is 0.279. The fourth-order valence-corrected chi connectivity index (χ4v) is 2.56. The number of hydrogen-bond donors (Lipinski definition) is 1. The summed E-state index contributed by atoms with van der Waals surface area (Å²) in [5.74, 6) is 0.967. The van der Waals surface area contributed by atoms with Crippen molar-refractivity contribution in [1.82, 2.24) is 4.90 Å². The van der Waals surface area contributed by atoms with E-state index < -0.39 is 0 Å². The zero-order chi connectivity index (χ0) is 13.5. The van der Waals surface area contributed by atoms with Crippen LogP contribution < -0.4 is 10.5 Å². The third kappa shape index (κ3) is 4.84. The number of nitrogens with zero attached hydrogens (tertiary/aromatic N) is 1. The van der Waals surface area contributed by atoms with Crippen LogP contribution in [0.25, 0.3) is 0 Å². The monoisotopic (exact) mass is 262 g/mol. The van der Waals surface area contributed by atoms with Crippen LogP contribution in [0.2, 0.25) is 0 Å². The Kier molecular flexibility index (Phi) is 5.67. The SMILES string of the molecule is CC(CCN1CCCC1)Oc1ccc(CCN)cc1. The molecule has 2 N–H and O–H groups in total. The van der Waals surface area contributed by atoms with Gasteiger partial charge in [0.25, 0.3) is 0 Å². The van der Waals surface area contributed by atoms with Gasteiger partial charge in [-0.05, 0) is 69.9 Å². The molecular formula is C16H26N2O. The molecule has 1 atom stereocenters. The van der Waals surface area contributed by atoms with E-state index in [1.165, 1.54) is 31.5 Å². The molecule has 19 heavy (non-hydrogen) atoms. The molecule has 2 rings (SSSR count). The molecule has 0 saturated carbocycles. The molecule has 106 valence electrons. The van der Waals surface area contributed by atoms with Gasteiger partial charge in [-0.15, -0.1) is 0 Å². The lowest BCUT2D eigenvalue weighted by Crippen LogP contribution is -2.25. The number of rotatable bonds is 7. The van der Waals surface area contributed by atoms with Gasteiger partial charge in [0.15, 0.2) is 0 Å². The van der Waals surface area contributed by atoms with E-state index in [0.29, 0.717) is 6.54 Å². The molecule has 0 bridgehead atoms. The van der Waals surface area contributed by atoms with Crippen molar-refractivity contribution in [2.24, 2.45) is 5.73 Å². The van der Waals surface area contributed by atoms with E-state index in [-0.39, 0.29) is 6.10 Å². The Morgan fingerprint density at radius 1 is 1.21 bits per heavy atom. The summed E-state index contributed by atoms with van der Waals surface area (Å²) in [6, 6.07) is 8.32. The van der Waals surface area contributed by atoms with E-state index in [4.69, 9.17) is 10.5 Å². The highest BCUT2D eigenvalue weighted by Gasteiger charge is 2.13. The molecule has 3 heteroatoms. The van der Waals surface area contributed by atoms with Crippen LogP contribution in [-0.4, -0.2) is 37.2 Å². The van der Waals surface area contributed by atoms with Gasteiger partial charge in [-0.25, -0.2) is 0 Å². The van der Waals surface area contributed by atoms with Gasteiger partial charge in [0.1, 0.15) is 5.75 Å². The number of hydrogen-bond acceptors (Lipinski definition) is 3. The maximum Gasteiger partial charge on any atom is 0.119 e. The average molecular weight is 262 g/mol. The fourth-order valence-electron chi connectivity index (χ4n) is 2.56. The summed E-state index contributed by atoms with van der Waals surface area (Å²) >= 11 is 0. The van der Waals surface area contributed by atoms with E-state index in [9.17, 15) is 0 Å². The topological polar surface area (TPSA) is 38.5 Å². The van der Waals surface area contributed by atoms with Gasteiger partial charge in [0.05, 0.1) is 6.10 Å². The van der Waals surface area contributed by atoms with Crippen molar-refractivity contribution in [1.29, 1.82) is 0 Å². The van der Waals surface area contributed by atoms with Gasteiger partial charge in [-0.3, -0.25) is 0 Å². The molecular weight excluding hydrogens is 236 g/mol. The lowest BCUT2D eigenvalue weighted by Gasteiger charge is -2.19. The molecule has 1 aliphatic rings. The molecule has 0 spiro atoms. The molecule has 0 aliphatic carbocycles. The molecule has 1 fully saturated rings. The van der Waals surface area contributed by atoms with Crippen LogP contribution in [-0.2, 0) is 6.42 Å². The Balaban J connectivity index is 1.72. The molecule has 1 aromatic carbocycles. The van der Waals surface area contributed by atoms with Gasteiger partial charge >= 0.3 is 0 Å². The number of benzene rings is 1. The molecule has 1 saturated heterocycles. The maximum atomic E-state index is 5.95. The highest BCUT2D eigenvalue weighted by atomic mass is 16.5. The molecule has 1 aromatic rings. The van der Waals surface area contributed by atoms with Crippen LogP contribution in [0.5, 0.6) is 5.75 Å². The molecule has 1 aliphatic heterocycles. The molecule has 3 nitrogen and oxygen atoms in total. The summed E-state index contributed by atoms with van der Waals surface area (Å²) in [5, 5.41) is 0. The van der Waals surface area contributed by atoms with E-state index in [1.54, 1.807) is 0 Å². The summed E-state index contributed by atoms with van der Waals surface area (Å²) < 4.78 is 5.95. The highest BCUT2D eigenvalue weighted by molar-refractivity contribution is 5.27. The van der Waals surface area contributed by atoms with Crippen LogP contribution in [0.15, 0.2) is 24.3 Å². The summed E-state index contributed by atoms with van der Waals surface area (Å²) in [6.07, 6.45) is 5.03. The maximum absolute atomic E-state index is 5.95. The first-order chi connectivity index (χ1) is 9.28. The summed E-state index contributed by atoms with van der Waals surface area (Å²) in [6.45, 7) is 6.55. The predicted octanol–water partition coefficient (Wildman–Crippen LogP) is 2.44. The second-order valence-corrected chi connectivity index (χ2v) is 5.45. The van der Waals surface area contributed by atoms with Gasteiger partial charge < -0.3 is 15.4 Å². The van der Waals surface area contributed by atoms with Crippen LogP contribution in [0.1, 0.15) is 31.7 Å². The van der Waals surface area contributed by atoms with E-state index in [1.807, 2.05) is 0 Å². The van der Waals surface area contributed by atoms with Crippen LogP contribution in [0.3, 0.4) is 0 Å². The molecule has 0 radical (unpaired) electrons. The van der Waals surface area contributed by atoms with Crippen molar-refractivity contribution < 1.29 is 4.74 Å². The standard InChI is InChI=1S/C16H26N2O/c1-14(9-13-18-11-2-3-12-18)19-16-6-4-15(5-7-16)8-10-17/h4-7,14H,2-3,8-13,17H2,1H3. The minimum Gasteiger partial charge on any atom is -0.491 e. The van der Waals surface area contributed by atoms with Crippen molar-refractivity contribution in [2.45, 2.75) is 38.7 Å². The minimum atomic E-state index is 0.279. The fraction of sp³-hybridized carbons (Fsp3) is 0.625. The second-order valence-electron chi connectivity index (χ2n) is 5.45. The highest BCUT2D eigenvalue weighted by Crippen LogP contribution is 2.16. The van der Waals surface area contributed by atoms with Crippen LogP contribution in [0.4, 0.5) is 0 Å². The second kappa shape index (κ2) is 7.51. The molecule has 0 aromatic heterocycles. The predicted molar refractivity (Wildman–Crippen MR) is 79.6 cm³/mol. The Morgan fingerprint density at radius 3 is 2.53 bits per heavy atom. The Labute approximate surface area is 116 Å². The van der Waals surface area contributed by atoms with Crippen LogP contribution in [0, 0.1) is 0 Å². The number of nitrogens with two attached hydrogens (primary N) is 1. The lowest BCUT2D eigenvalue weighted by atomic mass is 10.1. The van der Waals surface area contributed by atoms with Crippen molar-refractivity contribution in [3.05, 3.63) is 29.8 Å². The van der Waals surface area contributed by atoms with Crippen molar-refractivity contribution >= 4 is 0 Å². The van der Waals surface area contributed by atoms with E-state index >= 15 is 0 Å². The van der Waals surface area contributed by atoms with Gasteiger partial charge in [0, 0.05) is 6.54 Å². The van der Waals surface area contributed by atoms with Gasteiger partial charge in [-0.2, -0.15) is 0 Å². The zero-order valence-electron chi connectivity index (χ0n) is 12.0. The van der Waals surface area contributed by atoms with Gasteiger partial charge in [0.2, 0.25) is 0 Å². The number of ether oxygens (including phenoxy) is 1. The first kappa shape index (κ1) is 14.4. The zero-order valence-corrected chi connectivity index (χ0v) is 12.0. The molecule has 1 heterocycles.